The van der Waals surface area contributed by atoms with E-state index in [2.05, 4.69) is 34.6 Å². The molecule has 4 rings (SSSR count). The average molecular weight is 348 g/mol. The Hall–Kier alpha value is -2.59. The second-order valence-corrected chi connectivity index (χ2v) is 7.32. The van der Waals surface area contributed by atoms with Crippen LogP contribution in [0, 0.1) is 0 Å². The summed E-state index contributed by atoms with van der Waals surface area (Å²) in [5, 5.41) is 14.3. The zero-order valence-corrected chi connectivity index (χ0v) is 14.8. The van der Waals surface area contributed by atoms with Crippen LogP contribution in [0.25, 0.3) is 10.9 Å². The van der Waals surface area contributed by atoms with Gasteiger partial charge in [0, 0.05) is 23.5 Å². The summed E-state index contributed by atoms with van der Waals surface area (Å²) < 4.78 is 0. The van der Waals surface area contributed by atoms with Crippen LogP contribution in [0.15, 0.2) is 54.7 Å². The fourth-order valence-corrected chi connectivity index (χ4v) is 4.07. The normalized spacial score (nSPS) is 15.1. The molecule has 0 saturated heterocycles. The Balaban J connectivity index is 1.34. The van der Waals surface area contributed by atoms with Crippen molar-refractivity contribution in [3.63, 3.8) is 0 Å². The zero-order chi connectivity index (χ0) is 18.0. The molecule has 1 heterocycles. The molecule has 0 fully saturated rings. The number of aryl methyl sites for hydroxylation is 1. The number of H-pyrrole nitrogens is 1. The molecule has 134 valence electrons. The Kier molecular flexibility index (Phi) is 4.51. The largest absolute Gasteiger partial charge is 0.394 e. The van der Waals surface area contributed by atoms with Crippen molar-refractivity contribution < 1.29 is 9.90 Å². The smallest absolute Gasteiger partial charge is 0.220 e. The lowest BCUT2D eigenvalue weighted by molar-refractivity contribution is -0.123. The second-order valence-electron chi connectivity index (χ2n) is 7.32. The molecule has 26 heavy (non-hydrogen) atoms. The minimum absolute atomic E-state index is 0.0201. The molecule has 0 aliphatic heterocycles. The summed E-state index contributed by atoms with van der Waals surface area (Å²) >= 11 is 0. The Morgan fingerprint density at radius 3 is 2.50 bits per heavy atom. The van der Waals surface area contributed by atoms with Crippen molar-refractivity contribution in [2.45, 2.75) is 37.6 Å². The minimum Gasteiger partial charge on any atom is -0.394 e. The van der Waals surface area contributed by atoms with Crippen molar-refractivity contribution >= 4 is 16.8 Å². The molecule has 2 aromatic carbocycles. The first-order chi connectivity index (χ1) is 12.7. The highest BCUT2D eigenvalue weighted by molar-refractivity contribution is 5.83. The van der Waals surface area contributed by atoms with Crippen LogP contribution in [0.4, 0.5) is 0 Å². The van der Waals surface area contributed by atoms with Gasteiger partial charge in [-0.2, -0.15) is 0 Å². The fourth-order valence-electron chi connectivity index (χ4n) is 4.07. The van der Waals surface area contributed by atoms with Gasteiger partial charge in [-0.15, -0.1) is 0 Å². The highest BCUT2D eigenvalue weighted by atomic mass is 16.3. The molecule has 0 unspecified atom stereocenters. The number of aromatic nitrogens is 1. The van der Waals surface area contributed by atoms with E-state index >= 15 is 0 Å². The monoisotopic (exact) mass is 348 g/mol. The third-order valence-corrected chi connectivity index (χ3v) is 5.41. The van der Waals surface area contributed by atoms with Gasteiger partial charge in [-0.1, -0.05) is 42.5 Å². The summed E-state index contributed by atoms with van der Waals surface area (Å²) in [6, 6.07) is 16.4. The van der Waals surface area contributed by atoms with Crippen LogP contribution in [0.2, 0.25) is 0 Å². The van der Waals surface area contributed by atoms with E-state index in [0.29, 0.717) is 19.3 Å². The number of nitrogens with one attached hydrogen (secondary N) is 2. The van der Waals surface area contributed by atoms with Crippen molar-refractivity contribution in [3.8, 4) is 0 Å². The molecule has 1 aliphatic rings. The predicted molar refractivity (Wildman–Crippen MR) is 103 cm³/mol. The summed E-state index contributed by atoms with van der Waals surface area (Å²) in [7, 11) is 0. The SMILES string of the molecule is O=C(CCCc1c[nH]c2ccccc12)NC1(CO)Cc2ccccc2C1. The van der Waals surface area contributed by atoms with Crippen LogP contribution in [0.3, 0.4) is 0 Å². The minimum atomic E-state index is -0.540. The van der Waals surface area contributed by atoms with E-state index in [9.17, 15) is 9.90 Å². The molecule has 0 saturated carbocycles. The van der Waals surface area contributed by atoms with Gasteiger partial charge >= 0.3 is 0 Å². The van der Waals surface area contributed by atoms with Crippen molar-refractivity contribution in [2.24, 2.45) is 0 Å². The Labute approximate surface area is 153 Å². The number of benzene rings is 2. The lowest BCUT2D eigenvalue weighted by atomic mass is 9.96. The number of rotatable bonds is 6. The first-order valence-corrected chi connectivity index (χ1v) is 9.23. The highest BCUT2D eigenvalue weighted by Gasteiger charge is 2.37. The maximum Gasteiger partial charge on any atom is 0.220 e. The number of aromatic amines is 1. The molecule has 4 heteroatoms. The van der Waals surface area contributed by atoms with Gasteiger partial charge in [0.05, 0.1) is 12.1 Å². The van der Waals surface area contributed by atoms with E-state index in [1.54, 1.807) is 0 Å². The maximum atomic E-state index is 12.5. The average Bonchev–Trinajstić information content (AvgIpc) is 3.23. The topological polar surface area (TPSA) is 65.1 Å². The second kappa shape index (κ2) is 6.96. The zero-order valence-electron chi connectivity index (χ0n) is 14.8. The van der Waals surface area contributed by atoms with Crippen molar-refractivity contribution in [1.82, 2.24) is 10.3 Å². The van der Waals surface area contributed by atoms with Gasteiger partial charge in [-0.3, -0.25) is 4.79 Å². The molecule has 1 amide bonds. The standard InChI is InChI=1S/C22H24N2O2/c25-15-22(12-16-6-1-2-7-17(16)13-22)24-21(26)11-5-8-18-14-23-20-10-4-3-9-19(18)20/h1-4,6-7,9-10,14,23,25H,5,8,11-13,15H2,(H,24,26). The van der Waals surface area contributed by atoms with Crippen LogP contribution in [-0.2, 0) is 24.1 Å². The van der Waals surface area contributed by atoms with Gasteiger partial charge in [-0.05, 0) is 48.4 Å². The van der Waals surface area contributed by atoms with E-state index in [0.717, 1.165) is 18.4 Å². The molecule has 3 N–H and O–H groups in total. The molecule has 1 aromatic heterocycles. The van der Waals surface area contributed by atoms with Crippen LogP contribution >= 0.6 is 0 Å². The highest BCUT2D eigenvalue weighted by Crippen LogP contribution is 2.30. The van der Waals surface area contributed by atoms with Gasteiger partial charge in [0.15, 0.2) is 0 Å². The maximum absolute atomic E-state index is 12.5. The van der Waals surface area contributed by atoms with Gasteiger partial charge in [0.25, 0.3) is 0 Å². The van der Waals surface area contributed by atoms with Crippen molar-refractivity contribution in [3.05, 3.63) is 71.4 Å². The van der Waals surface area contributed by atoms with Crippen LogP contribution < -0.4 is 5.32 Å². The van der Waals surface area contributed by atoms with E-state index in [1.165, 1.54) is 22.1 Å². The number of hydrogen-bond acceptors (Lipinski definition) is 2. The number of fused-ring (bicyclic) bond motifs is 2. The number of hydrogen-bond donors (Lipinski definition) is 3. The van der Waals surface area contributed by atoms with Crippen molar-refractivity contribution in [1.29, 1.82) is 0 Å². The number of aliphatic hydroxyl groups excluding tert-OH is 1. The summed E-state index contributed by atoms with van der Waals surface area (Å²) in [5.41, 5.74) is 4.29. The van der Waals surface area contributed by atoms with E-state index in [-0.39, 0.29) is 12.5 Å². The summed E-state index contributed by atoms with van der Waals surface area (Å²) in [5.74, 6) is 0.0201. The molecule has 1 aliphatic carbocycles. The summed E-state index contributed by atoms with van der Waals surface area (Å²) in [6.07, 6.45) is 5.57. The van der Waals surface area contributed by atoms with Gasteiger partial charge < -0.3 is 15.4 Å². The number of carbonyl (C=O) groups excluding carboxylic acids is 1. The summed E-state index contributed by atoms with van der Waals surface area (Å²) in [4.78, 5) is 15.8. The third kappa shape index (κ3) is 3.25. The van der Waals surface area contributed by atoms with Gasteiger partial charge in [0.1, 0.15) is 0 Å². The van der Waals surface area contributed by atoms with Crippen LogP contribution in [0.5, 0.6) is 0 Å². The lowest BCUT2D eigenvalue weighted by Gasteiger charge is -2.28. The Bertz CT molecular complexity index is 904. The Morgan fingerprint density at radius 1 is 1.08 bits per heavy atom. The van der Waals surface area contributed by atoms with Gasteiger partial charge in [-0.25, -0.2) is 0 Å². The molecule has 0 radical (unpaired) electrons. The molecule has 3 aromatic rings. The molecular formula is C22H24N2O2. The number of carbonyl (C=O) groups is 1. The lowest BCUT2D eigenvalue weighted by Crippen LogP contribution is -2.52. The first-order valence-electron chi connectivity index (χ1n) is 9.23. The predicted octanol–water partition coefficient (Wildman–Crippen LogP) is 3.14. The van der Waals surface area contributed by atoms with E-state index < -0.39 is 5.54 Å². The molecule has 0 atom stereocenters. The van der Waals surface area contributed by atoms with Crippen LogP contribution in [-0.4, -0.2) is 28.1 Å². The van der Waals surface area contributed by atoms with Gasteiger partial charge in [0.2, 0.25) is 5.91 Å². The van der Waals surface area contributed by atoms with Crippen molar-refractivity contribution in [2.75, 3.05) is 6.61 Å². The van der Waals surface area contributed by atoms with E-state index in [1.807, 2.05) is 30.5 Å². The molecule has 0 bridgehead atoms. The quantitative estimate of drug-likeness (QED) is 0.641. The number of para-hydroxylation sites is 1. The third-order valence-electron chi connectivity index (χ3n) is 5.41. The molecule has 4 nitrogen and oxygen atoms in total. The number of amides is 1. The van der Waals surface area contributed by atoms with Crippen LogP contribution in [0.1, 0.15) is 29.5 Å². The fraction of sp³-hybridized carbons (Fsp3) is 0.318. The first kappa shape index (κ1) is 16.9. The van der Waals surface area contributed by atoms with E-state index in [4.69, 9.17) is 0 Å². The molecule has 0 spiro atoms. The Morgan fingerprint density at radius 2 is 1.77 bits per heavy atom. The molecular weight excluding hydrogens is 324 g/mol. The number of aliphatic hydroxyl groups is 1. The summed E-state index contributed by atoms with van der Waals surface area (Å²) in [6.45, 7) is -0.0319.